The molecule has 3 heterocycles. The van der Waals surface area contributed by atoms with E-state index in [9.17, 15) is 14.4 Å². The zero-order valence-corrected chi connectivity index (χ0v) is 15.0. The molecule has 0 aliphatic rings. The molecule has 28 heavy (non-hydrogen) atoms. The number of pyridine rings is 1. The van der Waals surface area contributed by atoms with Crippen LogP contribution in [0.2, 0.25) is 0 Å². The van der Waals surface area contributed by atoms with E-state index in [4.69, 9.17) is 0 Å². The zero-order valence-electron chi connectivity index (χ0n) is 15.0. The standard InChI is InChI=1S/C20H17N5O3/c1-13-3-2-9-24-11-16(22-19(13)24)14-4-6-15(7-5-14)21-18(27)12-25-10-8-17(26)23-20(25)28/h2-11H,12H2,1H3,(H,21,27)(H,23,26,28). The number of nitrogens with zero attached hydrogens (tertiary/aromatic N) is 3. The van der Waals surface area contributed by atoms with Gasteiger partial charge in [-0.3, -0.25) is 19.1 Å². The average Bonchev–Trinajstić information content (AvgIpc) is 3.10. The fraction of sp³-hybridized carbons (Fsp3) is 0.100. The molecule has 0 spiro atoms. The Labute approximate surface area is 159 Å². The zero-order chi connectivity index (χ0) is 19.7. The van der Waals surface area contributed by atoms with E-state index >= 15 is 0 Å². The van der Waals surface area contributed by atoms with Crippen LogP contribution in [0.4, 0.5) is 5.69 Å². The molecule has 0 unspecified atom stereocenters. The van der Waals surface area contributed by atoms with Crippen LogP contribution in [0, 0.1) is 6.92 Å². The summed E-state index contributed by atoms with van der Waals surface area (Å²) >= 11 is 0. The number of H-pyrrole nitrogens is 1. The fourth-order valence-electron chi connectivity index (χ4n) is 2.94. The molecular formula is C20H17N5O3. The Morgan fingerprint density at radius 3 is 2.61 bits per heavy atom. The molecule has 8 heteroatoms. The average molecular weight is 375 g/mol. The van der Waals surface area contributed by atoms with E-state index in [1.807, 2.05) is 48.0 Å². The maximum Gasteiger partial charge on any atom is 0.328 e. The van der Waals surface area contributed by atoms with Crippen molar-refractivity contribution in [2.45, 2.75) is 13.5 Å². The molecule has 0 radical (unpaired) electrons. The summed E-state index contributed by atoms with van der Waals surface area (Å²) in [6.07, 6.45) is 5.19. The van der Waals surface area contributed by atoms with Crippen molar-refractivity contribution in [1.29, 1.82) is 0 Å². The molecule has 1 amide bonds. The van der Waals surface area contributed by atoms with Gasteiger partial charge in [0, 0.05) is 35.9 Å². The maximum absolute atomic E-state index is 12.2. The van der Waals surface area contributed by atoms with E-state index in [-0.39, 0.29) is 12.5 Å². The third-order valence-corrected chi connectivity index (χ3v) is 4.35. The molecule has 0 fully saturated rings. The molecule has 4 aromatic rings. The lowest BCUT2D eigenvalue weighted by molar-refractivity contribution is -0.116. The Kier molecular flexibility index (Phi) is 4.36. The van der Waals surface area contributed by atoms with E-state index in [0.29, 0.717) is 5.69 Å². The van der Waals surface area contributed by atoms with Gasteiger partial charge in [-0.15, -0.1) is 0 Å². The molecule has 8 nitrogen and oxygen atoms in total. The van der Waals surface area contributed by atoms with E-state index in [2.05, 4.69) is 15.3 Å². The Bertz CT molecular complexity index is 1280. The van der Waals surface area contributed by atoms with Gasteiger partial charge in [0.15, 0.2) is 0 Å². The van der Waals surface area contributed by atoms with Gasteiger partial charge < -0.3 is 9.72 Å². The first-order valence-corrected chi connectivity index (χ1v) is 8.64. The summed E-state index contributed by atoms with van der Waals surface area (Å²) in [5.74, 6) is -0.370. The fourth-order valence-corrected chi connectivity index (χ4v) is 2.94. The Morgan fingerprint density at radius 1 is 1.11 bits per heavy atom. The van der Waals surface area contributed by atoms with Gasteiger partial charge >= 0.3 is 5.69 Å². The van der Waals surface area contributed by atoms with Gasteiger partial charge in [0.25, 0.3) is 5.56 Å². The number of hydrogen-bond acceptors (Lipinski definition) is 4. The van der Waals surface area contributed by atoms with Crippen LogP contribution in [0.15, 0.2) is 70.6 Å². The van der Waals surface area contributed by atoms with Crippen molar-refractivity contribution in [3.63, 3.8) is 0 Å². The lowest BCUT2D eigenvalue weighted by Crippen LogP contribution is -2.32. The largest absolute Gasteiger partial charge is 0.328 e. The Hall–Kier alpha value is -3.94. The topological polar surface area (TPSA) is 101 Å². The number of carbonyl (C=O) groups is 1. The second kappa shape index (κ2) is 6.99. The smallest absolute Gasteiger partial charge is 0.325 e. The summed E-state index contributed by atoms with van der Waals surface area (Å²) in [5, 5.41) is 2.73. The molecule has 2 N–H and O–H groups in total. The first-order chi connectivity index (χ1) is 13.5. The summed E-state index contributed by atoms with van der Waals surface area (Å²) < 4.78 is 3.10. The minimum Gasteiger partial charge on any atom is -0.325 e. The summed E-state index contributed by atoms with van der Waals surface area (Å²) in [5.41, 5.74) is 3.24. The van der Waals surface area contributed by atoms with E-state index in [1.54, 1.807) is 12.1 Å². The number of hydrogen-bond donors (Lipinski definition) is 2. The molecule has 3 aromatic heterocycles. The van der Waals surface area contributed by atoms with Gasteiger partial charge in [0.1, 0.15) is 12.2 Å². The van der Waals surface area contributed by atoms with Crippen LogP contribution in [-0.4, -0.2) is 24.8 Å². The van der Waals surface area contributed by atoms with Crippen molar-refractivity contribution >= 4 is 17.2 Å². The van der Waals surface area contributed by atoms with E-state index in [0.717, 1.165) is 27.0 Å². The van der Waals surface area contributed by atoms with Gasteiger partial charge in [-0.25, -0.2) is 9.78 Å². The molecule has 0 saturated heterocycles. The number of nitrogens with one attached hydrogen (secondary N) is 2. The molecule has 4 rings (SSSR count). The van der Waals surface area contributed by atoms with E-state index in [1.165, 1.54) is 12.3 Å². The van der Waals surface area contributed by atoms with Crippen LogP contribution in [0.5, 0.6) is 0 Å². The highest BCUT2D eigenvalue weighted by atomic mass is 16.2. The van der Waals surface area contributed by atoms with Crippen LogP contribution in [0.1, 0.15) is 5.56 Å². The van der Waals surface area contributed by atoms with E-state index < -0.39 is 11.2 Å². The Balaban J connectivity index is 1.49. The number of benzene rings is 1. The molecule has 0 saturated carbocycles. The molecule has 0 aliphatic carbocycles. The van der Waals surface area contributed by atoms with Gasteiger partial charge in [0.05, 0.1) is 5.69 Å². The number of aromatic nitrogens is 4. The van der Waals surface area contributed by atoms with Crippen LogP contribution >= 0.6 is 0 Å². The van der Waals surface area contributed by atoms with Crippen molar-refractivity contribution in [3.05, 3.63) is 87.5 Å². The van der Waals surface area contributed by atoms with Crippen molar-refractivity contribution in [2.24, 2.45) is 0 Å². The summed E-state index contributed by atoms with van der Waals surface area (Å²) in [6.45, 7) is 1.82. The normalized spacial score (nSPS) is 10.9. The summed E-state index contributed by atoms with van der Waals surface area (Å²) in [6, 6.07) is 12.5. The Morgan fingerprint density at radius 2 is 1.89 bits per heavy atom. The monoisotopic (exact) mass is 375 g/mol. The van der Waals surface area contributed by atoms with Gasteiger partial charge in [-0.2, -0.15) is 0 Å². The summed E-state index contributed by atoms with van der Waals surface area (Å²) in [7, 11) is 0. The number of anilines is 1. The van der Waals surface area contributed by atoms with Crippen molar-refractivity contribution in [1.82, 2.24) is 18.9 Å². The third-order valence-electron chi connectivity index (χ3n) is 4.35. The number of fused-ring (bicyclic) bond motifs is 1. The first-order valence-electron chi connectivity index (χ1n) is 8.64. The number of amides is 1. The molecule has 0 atom stereocenters. The van der Waals surface area contributed by atoms with Crippen LogP contribution in [-0.2, 0) is 11.3 Å². The van der Waals surface area contributed by atoms with Crippen LogP contribution in [0.3, 0.4) is 0 Å². The number of rotatable bonds is 4. The van der Waals surface area contributed by atoms with Crippen LogP contribution < -0.4 is 16.6 Å². The minimum atomic E-state index is -0.625. The lowest BCUT2D eigenvalue weighted by Gasteiger charge is -2.07. The number of carbonyl (C=O) groups excluding carboxylic acids is 1. The highest BCUT2D eigenvalue weighted by Crippen LogP contribution is 2.22. The number of aromatic amines is 1. The highest BCUT2D eigenvalue weighted by Gasteiger charge is 2.08. The third kappa shape index (κ3) is 3.48. The molecular weight excluding hydrogens is 358 g/mol. The van der Waals surface area contributed by atoms with Gasteiger partial charge in [0.2, 0.25) is 5.91 Å². The predicted octanol–water partition coefficient (Wildman–Crippen LogP) is 1.80. The van der Waals surface area contributed by atoms with Crippen LogP contribution in [0.25, 0.3) is 16.9 Å². The van der Waals surface area contributed by atoms with Gasteiger partial charge in [-0.05, 0) is 30.7 Å². The van der Waals surface area contributed by atoms with Gasteiger partial charge in [-0.1, -0.05) is 18.2 Å². The predicted molar refractivity (Wildman–Crippen MR) is 105 cm³/mol. The number of imidazole rings is 1. The second-order valence-electron chi connectivity index (χ2n) is 6.41. The molecule has 140 valence electrons. The van der Waals surface area contributed by atoms with Crippen molar-refractivity contribution in [3.8, 4) is 11.3 Å². The van der Waals surface area contributed by atoms with Crippen molar-refractivity contribution in [2.75, 3.05) is 5.32 Å². The minimum absolute atomic E-state index is 0.191. The quantitative estimate of drug-likeness (QED) is 0.568. The first kappa shape index (κ1) is 17.5. The summed E-state index contributed by atoms with van der Waals surface area (Å²) in [4.78, 5) is 41.6. The lowest BCUT2D eigenvalue weighted by atomic mass is 10.1. The second-order valence-corrected chi connectivity index (χ2v) is 6.41. The molecule has 1 aromatic carbocycles. The molecule has 0 bridgehead atoms. The maximum atomic E-state index is 12.2. The SMILES string of the molecule is Cc1cccn2cc(-c3ccc(NC(=O)Cn4ccc(=O)[nH]c4=O)cc3)nc12. The number of aryl methyl sites for hydroxylation is 1. The van der Waals surface area contributed by atoms with Crippen molar-refractivity contribution < 1.29 is 4.79 Å². The molecule has 0 aliphatic heterocycles. The highest BCUT2D eigenvalue weighted by molar-refractivity contribution is 5.90.